The fourth-order valence-corrected chi connectivity index (χ4v) is 3.60. The number of hydrogen-bond acceptors (Lipinski definition) is 6. The van der Waals surface area contributed by atoms with Gasteiger partial charge in [0.05, 0.1) is 0 Å². The molecule has 4 rings (SSSR count). The summed E-state index contributed by atoms with van der Waals surface area (Å²) in [7, 11) is 1.79. The molecule has 1 saturated heterocycles. The molecule has 0 spiro atoms. The van der Waals surface area contributed by atoms with Gasteiger partial charge in [0.1, 0.15) is 0 Å². The second kappa shape index (κ2) is 7.05. The van der Waals surface area contributed by atoms with Crippen LogP contribution in [0.25, 0.3) is 5.78 Å². The first-order chi connectivity index (χ1) is 13.0. The van der Waals surface area contributed by atoms with Gasteiger partial charge in [-0.05, 0) is 31.9 Å². The summed E-state index contributed by atoms with van der Waals surface area (Å²) in [5, 5.41) is 8.13. The molecule has 8 nitrogen and oxygen atoms in total. The van der Waals surface area contributed by atoms with E-state index in [1.54, 1.807) is 16.3 Å². The van der Waals surface area contributed by atoms with E-state index >= 15 is 0 Å². The van der Waals surface area contributed by atoms with E-state index in [4.69, 9.17) is 0 Å². The number of nitrogens with one attached hydrogen (secondary N) is 2. The summed E-state index contributed by atoms with van der Waals surface area (Å²) in [6, 6.07) is 12.6. The van der Waals surface area contributed by atoms with Crippen LogP contribution in [0.5, 0.6) is 0 Å². The molecule has 1 aliphatic heterocycles. The highest BCUT2D eigenvalue weighted by molar-refractivity contribution is 5.91. The number of likely N-dealkylation sites (N-methyl/N-ethyl adjacent to an activating group) is 1. The number of nitrogens with zero attached hydrogens (tertiary/aromatic N) is 5. The van der Waals surface area contributed by atoms with Gasteiger partial charge in [0.15, 0.2) is 0 Å². The topological polar surface area (TPSA) is 87.5 Å². The first-order valence-corrected chi connectivity index (χ1v) is 9.04. The standard InChI is InChI=1S/C19H23N7O/c1-12-9-13(2)26-17(23-24-19(26)20-12)18(27)25(3)11-15-10-16(22-21-15)14-7-5-4-6-8-14/h4-9,15-16,21-22H,10-11H2,1-3H3. The minimum atomic E-state index is -0.166. The Morgan fingerprint density at radius 1 is 1.22 bits per heavy atom. The smallest absolute Gasteiger partial charge is 0.292 e. The summed E-state index contributed by atoms with van der Waals surface area (Å²) in [4.78, 5) is 18.9. The van der Waals surface area contributed by atoms with Crippen molar-refractivity contribution in [1.29, 1.82) is 0 Å². The zero-order valence-corrected chi connectivity index (χ0v) is 15.7. The number of aromatic nitrogens is 4. The average molecular weight is 365 g/mol. The molecular weight excluding hydrogens is 342 g/mol. The summed E-state index contributed by atoms with van der Waals surface area (Å²) in [6.45, 7) is 4.40. The molecule has 1 aliphatic rings. The molecule has 0 saturated carbocycles. The van der Waals surface area contributed by atoms with Crippen molar-refractivity contribution in [2.75, 3.05) is 13.6 Å². The van der Waals surface area contributed by atoms with Crippen molar-refractivity contribution >= 4 is 11.7 Å². The van der Waals surface area contributed by atoms with E-state index in [0.717, 1.165) is 17.8 Å². The van der Waals surface area contributed by atoms with Crippen molar-refractivity contribution in [1.82, 2.24) is 35.3 Å². The van der Waals surface area contributed by atoms with Crippen LogP contribution in [0.3, 0.4) is 0 Å². The van der Waals surface area contributed by atoms with Crippen molar-refractivity contribution in [3.8, 4) is 0 Å². The molecule has 8 heteroatoms. The van der Waals surface area contributed by atoms with Crippen LogP contribution in [-0.4, -0.2) is 50.0 Å². The second-order valence-corrected chi connectivity index (χ2v) is 7.07. The monoisotopic (exact) mass is 365 g/mol. The van der Waals surface area contributed by atoms with Gasteiger partial charge in [-0.15, -0.1) is 10.2 Å². The summed E-state index contributed by atoms with van der Waals surface area (Å²) in [6.07, 6.45) is 0.905. The van der Waals surface area contributed by atoms with Gasteiger partial charge in [0.2, 0.25) is 5.82 Å². The largest absolute Gasteiger partial charge is 0.337 e. The molecule has 0 bridgehead atoms. The lowest BCUT2D eigenvalue weighted by molar-refractivity contribution is 0.0769. The van der Waals surface area contributed by atoms with Gasteiger partial charge in [-0.25, -0.2) is 10.4 Å². The maximum absolute atomic E-state index is 12.9. The van der Waals surface area contributed by atoms with Gasteiger partial charge in [0.25, 0.3) is 11.7 Å². The summed E-state index contributed by atoms with van der Waals surface area (Å²) in [5.41, 5.74) is 9.59. The zero-order chi connectivity index (χ0) is 19.0. The van der Waals surface area contributed by atoms with E-state index < -0.39 is 0 Å². The van der Waals surface area contributed by atoms with Gasteiger partial charge in [-0.3, -0.25) is 14.6 Å². The minimum Gasteiger partial charge on any atom is -0.337 e. The maximum Gasteiger partial charge on any atom is 0.292 e. The molecule has 2 N–H and O–H groups in total. The van der Waals surface area contributed by atoms with Gasteiger partial charge in [0, 0.05) is 37.1 Å². The Kier molecular flexibility index (Phi) is 4.59. The third-order valence-electron chi connectivity index (χ3n) is 4.91. The van der Waals surface area contributed by atoms with E-state index in [9.17, 15) is 4.79 Å². The number of hydrogen-bond donors (Lipinski definition) is 2. The molecule has 140 valence electrons. The zero-order valence-electron chi connectivity index (χ0n) is 15.7. The molecule has 3 heterocycles. The predicted molar refractivity (Wildman–Crippen MR) is 101 cm³/mol. The third-order valence-corrected chi connectivity index (χ3v) is 4.91. The lowest BCUT2D eigenvalue weighted by Gasteiger charge is -2.20. The fraction of sp³-hybridized carbons (Fsp3) is 0.368. The van der Waals surface area contributed by atoms with Crippen LogP contribution in [0.4, 0.5) is 0 Å². The van der Waals surface area contributed by atoms with Crippen LogP contribution in [0, 0.1) is 13.8 Å². The quantitative estimate of drug-likeness (QED) is 0.727. The Bertz CT molecular complexity index is 969. The van der Waals surface area contributed by atoms with E-state index in [2.05, 4.69) is 38.2 Å². The van der Waals surface area contributed by atoms with Crippen molar-refractivity contribution in [2.45, 2.75) is 32.4 Å². The maximum atomic E-state index is 12.9. The Morgan fingerprint density at radius 2 is 2.00 bits per heavy atom. The molecule has 2 atom stereocenters. The van der Waals surface area contributed by atoms with Crippen LogP contribution in [0.2, 0.25) is 0 Å². The number of carbonyl (C=O) groups is 1. The van der Waals surface area contributed by atoms with Crippen molar-refractivity contribution in [2.24, 2.45) is 0 Å². The minimum absolute atomic E-state index is 0.157. The van der Waals surface area contributed by atoms with Gasteiger partial charge in [-0.2, -0.15) is 0 Å². The molecular formula is C19H23N7O. The van der Waals surface area contributed by atoms with E-state index in [0.29, 0.717) is 18.1 Å². The van der Waals surface area contributed by atoms with Crippen molar-refractivity contribution in [3.63, 3.8) is 0 Å². The highest BCUT2D eigenvalue weighted by Gasteiger charge is 2.28. The molecule has 2 aromatic heterocycles. The first kappa shape index (κ1) is 17.6. The summed E-state index contributed by atoms with van der Waals surface area (Å²) in [5.74, 6) is 0.582. The van der Waals surface area contributed by atoms with E-state index in [1.165, 1.54) is 5.56 Å². The van der Waals surface area contributed by atoms with Gasteiger partial charge >= 0.3 is 0 Å². The number of fused-ring (bicyclic) bond motifs is 1. The molecule has 27 heavy (non-hydrogen) atoms. The SMILES string of the molecule is Cc1cc(C)n2c(C(=O)N(C)CC3CC(c4ccccc4)NN3)nnc2n1. The lowest BCUT2D eigenvalue weighted by atomic mass is 10.0. The van der Waals surface area contributed by atoms with Gasteiger partial charge < -0.3 is 4.90 Å². The van der Waals surface area contributed by atoms with Gasteiger partial charge in [-0.1, -0.05) is 30.3 Å². The van der Waals surface area contributed by atoms with Crippen LogP contribution in [0.1, 0.15) is 40.0 Å². The molecule has 1 amide bonds. The number of rotatable bonds is 4. The van der Waals surface area contributed by atoms with Crippen LogP contribution < -0.4 is 10.9 Å². The molecule has 1 fully saturated rings. The summed E-state index contributed by atoms with van der Waals surface area (Å²) >= 11 is 0. The number of carbonyl (C=O) groups excluding carboxylic acids is 1. The highest BCUT2D eigenvalue weighted by atomic mass is 16.2. The summed E-state index contributed by atoms with van der Waals surface area (Å²) < 4.78 is 1.71. The van der Waals surface area contributed by atoms with E-state index in [-0.39, 0.29) is 18.0 Å². The molecule has 2 unspecified atom stereocenters. The second-order valence-electron chi connectivity index (χ2n) is 7.07. The highest BCUT2D eigenvalue weighted by Crippen LogP contribution is 2.22. The Labute approximate surface area is 157 Å². The van der Waals surface area contributed by atoms with Crippen LogP contribution in [0.15, 0.2) is 36.4 Å². The first-order valence-electron chi connectivity index (χ1n) is 9.04. The van der Waals surface area contributed by atoms with Crippen molar-refractivity contribution < 1.29 is 4.79 Å². The van der Waals surface area contributed by atoms with Crippen LogP contribution in [-0.2, 0) is 0 Å². The van der Waals surface area contributed by atoms with Crippen molar-refractivity contribution in [3.05, 3.63) is 59.2 Å². The predicted octanol–water partition coefficient (Wildman–Crippen LogP) is 1.42. The number of amides is 1. The lowest BCUT2D eigenvalue weighted by Crippen LogP contribution is -2.41. The Morgan fingerprint density at radius 3 is 2.78 bits per heavy atom. The van der Waals surface area contributed by atoms with Crippen LogP contribution >= 0.6 is 0 Å². The normalized spacial score (nSPS) is 19.5. The average Bonchev–Trinajstić information content (AvgIpc) is 3.29. The Balaban J connectivity index is 1.46. The molecule has 3 aromatic rings. The third kappa shape index (κ3) is 3.41. The molecule has 0 radical (unpaired) electrons. The Hall–Kier alpha value is -2.84. The molecule has 1 aromatic carbocycles. The van der Waals surface area contributed by atoms with E-state index in [1.807, 2.05) is 38.1 Å². The fourth-order valence-electron chi connectivity index (χ4n) is 3.60. The number of hydrazine groups is 1. The molecule has 0 aliphatic carbocycles. The number of aryl methyl sites for hydroxylation is 2. The number of benzene rings is 1.